The number of aromatic nitrogens is 2. The van der Waals surface area contributed by atoms with E-state index < -0.39 is 10.0 Å². The minimum Gasteiger partial charge on any atom is -0.486 e. The van der Waals surface area contributed by atoms with Gasteiger partial charge in [0, 0.05) is 37.1 Å². The van der Waals surface area contributed by atoms with Gasteiger partial charge in [0.05, 0.1) is 10.3 Å². The summed E-state index contributed by atoms with van der Waals surface area (Å²) in [5, 5.41) is 1.08. The number of benzene rings is 1. The number of ether oxygens (including phenoxy) is 2. The Hall–Kier alpha value is -2.43. The van der Waals surface area contributed by atoms with Crippen LogP contribution in [0.5, 0.6) is 11.5 Å². The maximum Gasteiger partial charge on any atom is 0.243 e. The number of anilines is 1. The molecule has 2 aliphatic heterocycles. The largest absolute Gasteiger partial charge is 0.486 e. The average Bonchev–Trinajstić information content (AvgIpc) is 3.06. The summed E-state index contributed by atoms with van der Waals surface area (Å²) in [4.78, 5) is 13.9. The first-order valence-electron chi connectivity index (χ1n) is 10.2. The van der Waals surface area contributed by atoms with E-state index in [0.29, 0.717) is 50.9 Å². The molecule has 0 N–H and O–H groups in total. The van der Waals surface area contributed by atoms with E-state index in [1.807, 2.05) is 6.92 Å². The van der Waals surface area contributed by atoms with E-state index in [4.69, 9.17) is 14.5 Å². The molecular weight excluding hydrogens is 436 g/mol. The van der Waals surface area contributed by atoms with Crippen LogP contribution in [0.25, 0.3) is 10.2 Å². The molecule has 10 heteroatoms. The first-order valence-corrected chi connectivity index (χ1v) is 12.5. The third kappa shape index (κ3) is 3.52. The first kappa shape index (κ1) is 20.5. The molecule has 1 saturated heterocycles. The van der Waals surface area contributed by atoms with Crippen LogP contribution in [-0.2, 0) is 10.0 Å². The zero-order valence-electron chi connectivity index (χ0n) is 17.7. The highest BCUT2D eigenvalue weighted by Gasteiger charge is 2.31. The summed E-state index contributed by atoms with van der Waals surface area (Å²) in [5.74, 6) is 2.70. The predicted molar refractivity (Wildman–Crippen MR) is 120 cm³/mol. The number of fused-ring (bicyclic) bond motifs is 2. The van der Waals surface area contributed by atoms with E-state index in [1.165, 1.54) is 14.7 Å². The molecule has 0 aliphatic carbocycles. The highest BCUT2D eigenvalue weighted by Crippen LogP contribution is 2.36. The molecule has 0 atom stereocenters. The summed E-state index contributed by atoms with van der Waals surface area (Å²) in [6, 6.07) is 4.81. The lowest BCUT2D eigenvalue weighted by Crippen LogP contribution is -2.49. The van der Waals surface area contributed by atoms with Crippen LogP contribution in [0.4, 0.5) is 5.82 Å². The van der Waals surface area contributed by atoms with Crippen LogP contribution < -0.4 is 14.4 Å². The van der Waals surface area contributed by atoms with Crippen molar-refractivity contribution in [3.05, 3.63) is 34.5 Å². The number of hydrogen-bond donors (Lipinski definition) is 0. The van der Waals surface area contributed by atoms with Gasteiger partial charge in [0.1, 0.15) is 29.7 Å². The highest BCUT2D eigenvalue weighted by atomic mass is 32.2. The average molecular weight is 461 g/mol. The molecule has 2 aromatic heterocycles. The lowest BCUT2D eigenvalue weighted by molar-refractivity contribution is 0.171. The maximum atomic E-state index is 13.2. The van der Waals surface area contributed by atoms with Gasteiger partial charge in [-0.3, -0.25) is 0 Å². The quantitative estimate of drug-likeness (QED) is 0.594. The van der Waals surface area contributed by atoms with Crippen LogP contribution in [0.1, 0.15) is 16.3 Å². The van der Waals surface area contributed by atoms with Gasteiger partial charge in [0.15, 0.2) is 11.5 Å². The molecule has 0 unspecified atom stereocenters. The number of hydrogen-bond acceptors (Lipinski definition) is 8. The zero-order chi connectivity index (χ0) is 21.8. The van der Waals surface area contributed by atoms with Gasteiger partial charge in [-0.05, 0) is 38.5 Å². The Bertz CT molecular complexity index is 1260. The maximum absolute atomic E-state index is 13.2. The molecule has 4 heterocycles. The number of aryl methyl sites for hydroxylation is 3. The van der Waals surface area contributed by atoms with Crippen molar-refractivity contribution in [1.82, 2.24) is 14.3 Å². The topological polar surface area (TPSA) is 84.9 Å². The van der Waals surface area contributed by atoms with Gasteiger partial charge in [-0.2, -0.15) is 4.31 Å². The Morgan fingerprint density at radius 2 is 1.68 bits per heavy atom. The standard InChI is InChI=1S/C21H24N4O4S2/c1-13-14(2)30-21-19(13)20(22-15(3)23-21)24-6-8-25(9-7-24)31(26,27)16-4-5-17-18(12-16)29-11-10-28-17/h4-5,12H,6-11H2,1-3H3. The molecule has 2 aliphatic rings. The third-order valence-corrected chi connectivity index (χ3v) is 8.81. The van der Waals surface area contributed by atoms with Gasteiger partial charge in [-0.25, -0.2) is 18.4 Å². The second-order valence-electron chi connectivity index (χ2n) is 7.75. The summed E-state index contributed by atoms with van der Waals surface area (Å²) < 4.78 is 39.0. The number of piperazine rings is 1. The molecule has 31 heavy (non-hydrogen) atoms. The molecule has 164 valence electrons. The fourth-order valence-corrected chi connectivity index (χ4v) is 6.54. The Morgan fingerprint density at radius 3 is 2.42 bits per heavy atom. The molecule has 0 radical (unpaired) electrons. The third-order valence-electron chi connectivity index (χ3n) is 5.81. The minimum absolute atomic E-state index is 0.231. The van der Waals surface area contributed by atoms with Crippen LogP contribution in [0.2, 0.25) is 0 Å². The van der Waals surface area contributed by atoms with Crippen molar-refractivity contribution < 1.29 is 17.9 Å². The fraction of sp³-hybridized carbons (Fsp3) is 0.429. The molecular formula is C21H24N4O4S2. The summed E-state index contributed by atoms with van der Waals surface area (Å²) >= 11 is 1.68. The summed E-state index contributed by atoms with van der Waals surface area (Å²) in [5.41, 5.74) is 1.20. The first-order chi connectivity index (χ1) is 14.8. The van der Waals surface area contributed by atoms with Crippen molar-refractivity contribution in [3.8, 4) is 11.5 Å². The van der Waals surface area contributed by atoms with Crippen molar-refractivity contribution in [1.29, 1.82) is 0 Å². The van der Waals surface area contributed by atoms with E-state index >= 15 is 0 Å². The molecule has 1 aromatic carbocycles. The second kappa shape index (κ2) is 7.61. The Kier molecular flexibility index (Phi) is 5.03. The number of rotatable bonds is 3. The summed E-state index contributed by atoms with van der Waals surface area (Å²) in [6.07, 6.45) is 0. The van der Waals surface area contributed by atoms with Gasteiger partial charge in [0.25, 0.3) is 0 Å². The van der Waals surface area contributed by atoms with E-state index in [9.17, 15) is 8.42 Å². The molecule has 1 fully saturated rings. The van der Waals surface area contributed by atoms with E-state index in [-0.39, 0.29) is 4.90 Å². The van der Waals surface area contributed by atoms with E-state index in [2.05, 4.69) is 23.7 Å². The highest BCUT2D eigenvalue weighted by molar-refractivity contribution is 7.89. The molecule has 0 bridgehead atoms. The SMILES string of the molecule is Cc1nc(N2CCN(S(=O)(=O)c3ccc4c(c3)OCCO4)CC2)c2c(C)c(C)sc2n1. The van der Waals surface area contributed by atoms with Gasteiger partial charge < -0.3 is 14.4 Å². The van der Waals surface area contributed by atoms with Crippen LogP contribution >= 0.6 is 11.3 Å². The molecule has 0 amide bonds. The van der Waals surface area contributed by atoms with E-state index in [0.717, 1.165) is 21.9 Å². The molecule has 8 nitrogen and oxygen atoms in total. The van der Waals surface area contributed by atoms with Crippen molar-refractivity contribution in [2.24, 2.45) is 0 Å². The smallest absolute Gasteiger partial charge is 0.243 e. The van der Waals surface area contributed by atoms with Gasteiger partial charge >= 0.3 is 0 Å². The summed E-state index contributed by atoms with van der Waals surface area (Å²) in [6.45, 7) is 8.91. The Balaban J connectivity index is 1.39. The van der Waals surface area contributed by atoms with Crippen LogP contribution in [0, 0.1) is 20.8 Å². The van der Waals surface area contributed by atoms with Gasteiger partial charge in [-0.1, -0.05) is 0 Å². The Labute approximate surface area is 185 Å². The number of nitrogens with zero attached hydrogens (tertiary/aromatic N) is 4. The van der Waals surface area contributed by atoms with Crippen molar-refractivity contribution in [3.63, 3.8) is 0 Å². The minimum atomic E-state index is -3.62. The second-order valence-corrected chi connectivity index (χ2v) is 10.9. The van der Waals surface area contributed by atoms with Crippen molar-refractivity contribution in [2.75, 3.05) is 44.3 Å². The van der Waals surface area contributed by atoms with Crippen molar-refractivity contribution >= 4 is 37.4 Å². The van der Waals surface area contributed by atoms with Crippen LogP contribution in [-0.4, -0.2) is 62.1 Å². The predicted octanol–water partition coefficient (Wildman–Crippen LogP) is 2.90. The zero-order valence-corrected chi connectivity index (χ0v) is 19.3. The molecule has 0 saturated carbocycles. The molecule has 3 aromatic rings. The molecule has 5 rings (SSSR count). The lowest BCUT2D eigenvalue weighted by atomic mass is 10.2. The van der Waals surface area contributed by atoms with E-state index in [1.54, 1.807) is 29.5 Å². The fourth-order valence-electron chi connectivity index (χ4n) is 4.03. The summed E-state index contributed by atoms with van der Waals surface area (Å²) in [7, 11) is -3.62. The van der Waals surface area contributed by atoms with Crippen molar-refractivity contribution in [2.45, 2.75) is 25.7 Å². The number of sulfonamides is 1. The Morgan fingerprint density at radius 1 is 0.968 bits per heavy atom. The van der Waals surface area contributed by atoms with Crippen LogP contribution in [0.15, 0.2) is 23.1 Å². The number of thiophene rings is 1. The van der Waals surface area contributed by atoms with Crippen LogP contribution in [0.3, 0.4) is 0 Å². The monoisotopic (exact) mass is 460 g/mol. The lowest BCUT2D eigenvalue weighted by Gasteiger charge is -2.35. The van der Waals surface area contributed by atoms with Gasteiger partial charge in [-0.15, -0.1) is 11.3 Å². The molecule has 0 spiro atoms. The van der Waals surface area contributed by atoms with Gasteiger partial charge in [0.2, 0.25) is 10.0 Å². The normalized spacial score (nSPS) is 17.3.